The zero-order valence-corrected chi connectivity index (χ0v) is 19.8. The Balaban J connectivity index is 1.84. The second-order valence-corrected chi connectivity index (χ2v) is 9.94. The van der Waals surface area contributed by atoms with E-state index in [0.717, 1.165) is 16.7 Å². The minimum Gasteiger partial charge on any atom is -0.478 e. The van der Waals surface area contributed by atoms with Crippen molar-refractivity contribution in [3.8, 4) is 11.1 Å². The lowest BCUT2D eigenvalue weighted by molar-refractivity contribution is -0.110. The molecule has 0 radical (unpaired) electrons. The number of carbonyl (C=O) groups excluding carboxylic acids is 1. The van der Waals surface area contributed by atoms with Crippen LogP contribution in [0.15, 0.2) is 42.5 Å². The number of hydrogen-bond acceptors (Lipinski definition) is 3. The standard InChI is InChI=1S/C25H23ClN2O4S/c1-14-22(25(30)31)18(6-4-12-33(2)32)21(27-14)13-19-23-17(15-8-10-16(26)11-9-15)5-3-7-20(23)28-24(19)29/h3,5,7-11,13,27H,4,6,12H2,1-2H3,(H,28,29)(H,30,31). The van der Waals surface area contributed by atoms with Crippen molar-refractivity contribution in [2.75, 3.05) is 17.3 Å². The third kappa shape index (κ3) is 4.65. The molecule has 2 heterocycles. The van der Waals surface area contributed by atoms with Crippen molar-refractivity contribution in [1.82, 2.24) is 4.98 Å². The average molecular weight is 483 g/mol. The first-order valence-corrected chi connectivity index (χ1v) is 12.5. The lowest BCUT2D eigenvalue weighted by atomic mass is 9.93. The topological polar surface area (TPSA) is 99.3 Å². The maximum absolute atomic E-state index is 12.9. The van der Waals surface area contributed by atoms with Crippen molar-refractivity contribution in [2.45, 2.75) is 19.8 Å². The Hall–Kier alpha value is -3.16. The Morgan fingerprint density at radius 2 is 1.91 bits per heavy atom. The van der Waals surface area contributed by atoms with Crippen LogP contribution in [0.25, 0.3) is 22.8 Å². The minimum atomic E-state index is -1.03. The number of fused-ring (bicyclic) bond motifs is 1. The fourth-order valence-electron chi connectivity index (χ4n) is 4.23. The van der Waals surface area contributed by atoms with Gasteiger partial charge in [0, 0.05) is 50.5 Å². The first-order chi connectivity index (χ1) is 15.8. The molecule has 0 fully saturated rings. The van der Waals surface area contributed by atoms with E-state index >= 15 is 0 Å². The Morgan fingerprint density at radius 3 is 2.58 bits per heavy atom. The largest absolute Gasteiger partial charge is 0.478 e. The Bertz CT molecular complexity index is 1310. The molecule has 1 unspecified atom stereocenters. The third-order valence-electron chi connectivity index (χ3n) is 5.67. The monoisotopic (exact) mass is 482 g/mol. The van der Waals surface area contributed by atoms with Crippen molar-refractivity contribution in [1.29, 1.82) is 0 Å². The van der Waals surface area contributed by atoms with Gasteiger partial charge in [0.25, 0.3) is 5.91 Å². The van der Waals surface area contributed by atoms with E-state index < -0.39 is 16.8 Å². The van der Waals surface area contributed by atoms with Crippen LogP contribution in [0.2, 0.25) is 5.02 Å². The Kier molecular flexibility index (Phi) is 6.54. The fourth-order valence-corrected chi connectivity index (χ4v) is 4.90. The van der Waals surface area contributed by atoms with Gasteiger partial charge < -0.3 is 15.4 Å². The number of H-pyrrole nitrogens is 1. The molecule has 0 spiro atoms. The number of amides is 1. The van der Waals surface area contributed by atoms with Crippen molar-refractivity contribution in [3.05, 3.63) is 75.6 Å². The average Bonchev–Trinajstić information content (AvgIpc) is 3.24. The smallest absolute Gasteiger partial charge is 0.337 e. The number of halogens is 1. The van der Waals surface area contributed by atoms with E-state index in [1.54, 1.807) is 31.4 Å². The molecule has 0 saturated carbocycles. The predicted molar refractivity (Wildman–Crippen MR) is 133 cm³/mol. The summed E-state index contributed by atoms with van der Waals surface area (Å²) >= 11 is 6.05. The van der Waals surface area contributed by atoms with Gasteiger partial charge in [0.15, 0.2) is 0 Å². The van der Waals surface area contributed by atoms with Gasteiger partial charge in [0.2, 0.25) is 0 Å². The van der Waals surface area contributed by atoms with Crippen LogP contribution in [0.1, 0.15) is 39.3 Å². The van der Waals surface area contributed by atoms with Gasteiger partial charge in [0.05, 0.1) is 11.1 Å². The van der Waals surface area contributed by atoms with E-state index in [1.807, 2.05) is 30.3 Å². The summed E-state index contributed by atoms with van der Waals surface area (Å²) in [6, 6.07) is 13.1. The molecule has 33 heavy (non-hydrogen) atoms. The number of nitrogens with one attached hydrogen (secondary N) is 2. The highest BCUT2D eigenvalue weighted by Crippen LogP contribution is 2.41. The summed E-state index contributed by atoms with van der Waals surface area (Å²) in [6.45, 7) is 1.70. The van der Waals surface area contributed by atoms with Crippen LogP contribution in [-0.2, 0) is 22.0 Å². The lowest BCUT2D eigenvalue weighted by Gasteiger charge is -2.09. The molecule has 1 aliphatic heterocycles. The van der Waals surface area contributed by atoms with E-state index in [1.165, 1.54) is 0 Å². The Labute approximate surface area is 199 Å². The predicted octanol–water partition coefficient (Wildman–Crippen LogP) is 5.15. The SMILES string of the molecule is Cc1[nH]c(C=C2C(=O)Nc3cccc(-c4ccc(Cl)cc4)c32)c(CCCS(C)=O)c1C(=O)O. The fraction of sp³-hybridized carbons (Fsp3) is 0.200. The van der Waals surface area contributed by atoms with E-state index in [9.17, 15) is 18.9 Å². The van der Waals surface area contributed by atoms with Gasteiger partial charge in [-0.25, -0.2) is 4.79 Å². The number of benzene rings is 2. The number of hydrogen-bond donors (Lipinski definition) is 3. The molecule has 1 amide bonds. The van der Waals surface area contributed by atoms with Crippen LogP contribution >= 0.6 is 11.6 Å². The number of aryl methyl sites for hydroxylation is 1. The van der Waals surface area contributed by atoms with E-state index in [-0.39, 0.29) is 11.5 Å². The first kappa shape index (κ1) is 23.0. The van der Waals surface area contributed by atoms with Gasteiger partial charge in [-0.1, -0.05) is 35.9 Å². The van der Waals surface area contributed by atoms with Crippen LogP contribution in [0.4, 0.5) is 5.69 Å². The molecule has 3 aromatic rings. The number of aromatic amines is 1. The number of anilines is 1. The van der Waals surface area contributed by atoms with Crippen LogP contribution in [-0.4, -0.2) is 38.2 Å². The summed E-state index contributed by atoms with van der Waals surface area (Å²) in [5.74, 6) is -0.807. The highest BCUT2D eigenvalue weighted by molar-refractivity contribution is 7.84. The summed E-state index contributed by atoms with van der Waals surface area (Å²) in [5.41, 5.74) is 5.61. The van der Waals surface area contributed by atoms with Gasteiger partial charge in [-0.15, -0.1) is 0 Å². The number of rotatable bonds is 7. The molecule has 0 bridgehead atoms. The van der Waals surface area contributed by atoms with Crippen molar-refractivity contribution in [3.63, 3.8) is 0 Å². The van der Waals surface area contributed by atoms with Crippen molar-refractivity contribution in [2.24, 2.45) is 0 Å². The van der Waals surface area contributed by atoms with Crippen LogP contribution in [0, 0.1) is 6.92 Å². The normalized spacial score (nSPS) is 14.9. The molecule has 2 aromatic carbocycles. The summed E-state index contributed by atoms with van der Waals surface area (Å²) in [5, 5.41) is 13.3. The van der Waals surface area contributed by atoms with Gasteiger partial charge in [-0.3, -0.25) is 9.00 Å². The molecule has 3 N–H and O–H groups in total. The molecule has 1 aliphatic rings. The molecule has 0 saturated heterocycles. The molecule has 170 valence electrons. The summed E-state index contributed by atoms with van der Waals surface area (Å²) in [6.07, 6.45) is 4.37. The lowest BCUT2D eigenvalue weighted by Crippen LogP contribution is -2.05. The van der Waals surface area contributed by atoms with E-state index in [2.05, 4.69) is 10.3 Å². The molecule has 4 rings (SSSR count). The number of carboxylic acid groups (broad SMARTS) is 1. The Morgan fingerprint density at radius 1 is 1.18 bits per heavy atom. The molecule has 6 nitrogen and oxygen atoms in total. The number of aromatic nitrogens is 1. The molecule has 0 aliphatic carbocycles. The number of carbonyl (C=O) groups is 2. The van der Waals surface area contributed by atoms with Gasteiger partial charge in [-0.05, 0) is 60.7 Å². The zero-order valence-electron chi connectivity index (χ0n) is 18.2. The van der Waals surface area contributed by atoms with Crippen LogP contribution < -0.4 is 5.32 Å². The molecular weight excluding hydrogens is 460 g/mol. The second kappa shape index (κ2) is 9.37. The first-order valence-electron chi connectivity index (χ1n) is 10.4. The van der Waals surface area contributed by atoms with Gasteiger partial charge in [0.1, 0.15) is 0 Å². The van der Waals surface area contributed by atoms with Crippen LogP contribution in [0.3, 0.4) is 0 Å². The molecule has 1 atom stereocenters. The number of aromatic carboxylic acids is 1. The highest BCUT2D eigenvalue weighted by atomic mass is 35.5. The van der Waals surface area contributed by atoms with E-state index in [0.29, 0.717) is 51.8 Å². The maximum atomic E-state index is 12.9. The summed E-state index contributed by atoms with van der Waals surface area (Å²) < 4.78 is 11.5. The van der Waals surface area contributed by atoms with Crippen molar-refractivity contribution < 1.29 is 18.9 Å². The quantitative estimate of drug-likeness (QED) is 0.406. The van der Waals surface area contributed by atoms with Crippen molar-refractivity contribution >= 4 is 51.6 Å². The zero-order chi connectivity index (χ0) is 23.7. The maximum Gasteiger partial charge on any atom is 0.337 e. The van der Waals surface area contributed by atoms with E-state index in [4.69, 9.17) is 11.6 Å². The van der Waals surface area contributed by atoms with Gasteiger partial charge in [-0.2, -0.15) is 0 Å². The molecule has 1 aromatic heterocycles. The third-order valence-corrected chi connectivity index (χ3v) is 6.78. The van der Waals surface area contributed by atoms with Gasteiger partial charge >= 0.3 is 5.97 Å². The summed E-state index contributed by atoms with van der Waals surface area (Å²) in [7, 11) is -0.968. The van der Waals surface area contributed by atoms with Crippen LogP contribution in [0.5, 0.6) is 0 Å². The molecule has 8 heteroatoms. The highest BCUT2D eigenvalue weighted by Gasteiger charge is 2.29. The second-order valence-electron chi connectivity index (χ2n) is 7.95. The molecular formula is C25H23ClN2O4S. The number of carboxylic acids is 1. The summed E-state index contributed by atoms with van der Waals surface area (Å²) in [4.78, 5) is 28.0. The minimum absolute atomic E-state index is 0.202.